The van der Waals surface area contributed by atoms with E-state index in [2.05, 4.69) is 24.2 Å². The second-order valence-corrected chi connectivity index (χ2v) is 6.57. The van der Waals surface area contributed by atoms with Crippen LogP contribution >= 0.6 is 23.2 Å². The number of nitrogens with one attached hydrogen (secondary N) is 1. The zero-order valence-corrected chi connectivity index (χ0v) is 13.2. The molecule has 0 spiro atoms. The normalized spacial score (nSPS) is 19.4. The van der Waals surface area contributed by atoms with Crippen molar-refractivity contribution in [2.24, 2.45) is 10.4 Å². The van der Waals surface area contributed by atoms with Crippen molar-refractivity contribution in [2.75, 3.05) is 18.9 Å². The number of amides is 2. The van der Waals surface area contributed by atoms with Gasteiger partial charge in [0, 0.05) is 20.0 Å². The number of nitrogens with zero attached hydrogens (tertiary/aromatic N) is 2. The zero-order valence-electron chi connectivity index (χ0n) is 11.7. The van der Waals surface area contributed by atoms with Gasteiger partial charge in [-0.2, -0.15) is 4.99 Å². The van der Waals surface area contributed by atoms with Crippen LogP contribution in [0.5, 0.6) is 0 Å². The van der Waals surface area contributed by atoms with E-state index in [0.717, 1.165) is 18.8 Å². The van der Waals surface area contributed by atoms with Crippen LogP contribution in [0.25, 0.3) is 0 Å². The van der Waals surface area contributed by atoms with E-state index in [-0.39, 0.29) is 5.41 Å². The number of urea groups is 1. The molecule has 1 aromatic carbocycles. The molecule has 1 aliphatic rings. The maximum Gasteiger partial charge on any atom is 0.347 e. The summed E-state index contributed by atoms with van der Waals surface area (Å²) >= 11 is 12.0. The molecule has 0 aliphatic carbocycles. The molecule has 1 fully saturated rings. The summed E-state index contributed by atoms with van der Waals surface area (Å²) in [5.41, 5.74) is 0.528. The van der Waals surface area contributed by atoms with E-state index in [9.17, 15) is 4.79 Å². The van der Waals surface area contributed by atoms with Gasteiger partial charge in [-0.25, -0.2) is 4.79 Å². The average molecular weight is 314 g/mol. The smallest absolute Gasteiger partial charge is 0.347 e. The fourth-order valence-corrected chi connectivity index (χ4v) is 2.84. The lowest BCUT2D eigenvalue weighted by molar-refractivity contribution is 0.259. The molecule has 4 nitrogen and oxygen atoms in total. The lowest BCUT2D eigenvalue weighted by atomic mass is 9.93. The van der Waals surface area contributed by atoms with Gasteiger partial charge in [-0.1, -0.05) is 43.1 Å². The monoisotopic (exact) mass is 313 g/mol. The van der Waals surface area contributed by atoms with Gasteiger partial charge in [-0.3, -0.25) is 0 Å². The van der Waals surface area contributed by atoms with Crippen molar-refractivity contribution in [3.05, 3.63) is 28.2 Å². The lowest BCUT2D eigenvalue weighted by Gasteiger charge is -2.15. The van der Waals surface area contributed by atoms with E-state index in [1.165, 1.54) is 0 Å². The van der Waals surface area contributed by atoms with Gasteiger partial charge in [0.15, 0.2) is 0 Å². The summed E-state index contributed by atoms with van der Waals surface area (Å²) in [6.45, 7) is 5.18. The summed E-state index contributed by atoms with van der Waals surface area (Å²) in [5, 5.41) is 3.43. The molecular formula is C14H17Cl2N3O. The van der Waals surface area contributed by atoms with E-state index in [1.807, 2.05) is 11.9 Å². The van der Waals surface area contributed by atoms with Gasteiger partial charge >= 0.3 is 6.03 Å². The van der Waals surface area contributed by atoms with Crippen molar-refractivity contribution in [3.63, 3.8) is 0 Å². The first-order chi connectivity index (χ1) is 9.28. The predicted molar refractivity (Wildman–Crippen MR) is 83.9 cm³/mol. The lowest BCUT2D eigenvalue weighted by Crippen LogP contribution is -2.23. The number of amidine groups is 1. The Hall–Kier alpha value is -1.26. The molecule has 6 heteroatoms. The third kappa shape index (κ3) is 3.44. The van der Waals surface area contributed by atoms with Crippen LogP contribution in [-0.2, 0) is 0 Å². The van der Waals surface area contributed by atoms with Crippen molar-refractivity contribution in [2.45, 2.75) is 20.3 Å². The molecule has 108 valence electrons. The number of likely N-dealkylation sites (tertiary alicyclic amines) is 1. The minimum atomic E-state index is -0.459. The first-order valence-electron chi connectivity index (χ1n) is 6.32. The summed E-state index contributed by atoms with van der Waals surface area (Å²) in [6.07, 6.45) is 0.771. The second kappa shape index (κ2) is 5.62. The molecule has 2 rings (SSSR count). The van der Waals surface area contributed by atoms with Crippen LogP contribution < -0.4 is 5.32 Å². The molecule has 1 aliphatic heterocycles. The molecule has 0 radical (unpaired) electrons. The van der Waals surface area contributed by atoms with Crippen LogP contribution in [0.2, 0.25) is 10.0 Å². The van der Waals surface area contributed by atoms with Crippen molar-refractivity contribution in [1.82, 2.24) is 4.90 Å². The van der Waals surface area contributed by atoms with Crippen LogP contribution in [0, 0.1) is 5.41 Å². The maximum absolute atomic E-state index is 12.0. The number of halogens is 2. The average Bonchev–Trinajstić information content (AvgIpc) is 2.57. The minimum Gasteiger partial charge on any atom is -0.362 e. The Labute approximate surface area is 128 Å². The summed E-state index contributed by atoms with van der Waals surface area (Å²) in [7, 11) is 1.93. The molecule has 1 heterocycles. The van der Waals surface area contributed by atoms with Gasteiger partial charge in [0.1, 0.15) is 5.84 Å². The summed E-state index contributed by atoms with van der Waals surface area (Å²) in [5.74, 6) is 0.774. The summed E-state index contributed by atoms with van der Waals surface area (Å²) in [6, 6.07) is 4.60. The molecular weight excluding hydrogens is 297 g/mol. The Kier molecular flexibility index (Phi) is 4.25. The number of hydrogen-bond acceptors (Lipinski definition) is 1. The molecule has 0 saturated carbocycles. The highest BCUT2D eigenvalue weighted by molar-refractivity contribution is 6.39. The third-order valence-corrected chi connectivity index (χ3v) is 3.80. The largest absolute Gasteiger partial charge is 0.362 e. The number of anilines is 1. The second-order valence-electron chi connectivity index (χ2n) is 5.75. The fraction of sp³-hybridized carbons (Fsp3) is 0.429. The molecule has 1 saturated heterocycles. The summed E-state index contributed by atoms with van der Waals surface area (Å²) in [4.78, 5) is 18.1. The Morgan fingerprint density at radius 1 is 1.35 bits per heavy atom. The molecule has 1 N–H and O–H groups in total. The number of carbonyl (C=O) groups excluding carboxylic acids is 1. The zero-order chi connectivity index (χ0) is 14.9. The highest BCUT2D eigenvalue weighted by Crippen LogP contribution is 2.31. The maximum atomic E-state index is 12.0. The predicted octanol–water partition coefficient (Wildman–Crippen LogP) is 4.29. The van der Waals surface area contributed by atoms with Gasteiger partial charge in [0.25, 0.3) is 0 Å². The quantitative estimate of drug-likeness (QED) is 0.840. The minimum absolute atomic E-state index is 0.135. The van der Waals surface area contributed by atoms with Crippen LogP contribution in [0.3, 0.4) is 0 Å². The SMILES string of the molecule is CN1CC(C)(C)C/C1=N\C(=O)Nc1c(Cl)cccc1Cl. The Bertz CT molecular complexity index is 549. The first kappa shape index (κ1) is 15.1. The van der Waals surface area contributed by atoms with Crippen LogP contribution in [0.4, 0.5) is 10.5 Å². The van der Waals surface area contributed by atoms with Gasteiger partial charge in [-0.15, -0.1) is 0 Å². The Morgan fingerprint density at radius 2 is 1.95 bits per heavy atom. The topological polar surface area (TPSA) is 44.7 Å². The molecule has 2 amide bonds. The first-order valence-corrected chi connectivity index (χ1v) is 7.08. The van der Waals surface area contributed by atoms with Crippen LogP contribution in [-0.4, -0.2) is 30.4 Å². The van der Waals surface area contributed by atoms with E-state index in [0.29, 0.717) is 15.7 Å². The molecule has 0 aromatic heterocycles. The fourth-order valence-electron chi connectivity index (χ4n) is 2.35. The Morgan fingerprint density at radius 3 is 2.45 bits per heavy atom. The number of benzene rings is 1. The van der Waals surface area contributed by atoms with E-state index in [4.69, 9.17) is 23.2 Å². The number of rotatable bonds is 1. The van der Waals surface area contributed by atoms with Crippen LogP contribution in [0.15, 0.2) is 23.2 Å². The number of carbonyl (C=O) groups is 1. The highest BCUT2D eigenvalue weighted by atomic mass is 35.5. The van der Waals surface area contributed by atoms with Gasteiger partial charge in [-0.05, 0) is 17.5 Å². The summed E-state index contributed by atoms with van der Waals surface area (Å²) < 4.78 is 0. The van der Waals surface area contributed by atoms with E-state index >= 15 is 0 Å². The third-order valence-electron chi connectivity index (χ3n) is 3.17. The van der Waals surface area contributed by atoms with Crippen molar-refractivity contribution < 1.29 is 4.79 Å². The molecule has 1 aromatic rings. The van der Waals surface area contributed by atoms with E-state index in [1.54, 1.807) is 18.2 Å². The molecule has 20 heavy (non-hydrogen) atoms. The Balaban J connectivity index is 2.14. The number of aliphatic imine (C=N–C) groups is 1. The van der Waals surface area contributed by atoms with E-state index < -0.39 is 6.03 Å². The molecule has 0 bridgehead atoms. The van der Waals surface area contributed by atoms with Gasteiger partial charge < -0.3 is 10.2 Å². The number of para-hydroxylation sites is 1. The van der Waals surface area contributed by atoms with Crippen molar-refractivity contribution in [3.8, 4) is 0 Å². The standard InChI is InChI=1S/C14H17Cl2N3O/c1-14(2)7-11(19(3)8-14)17-13(20)18-12-9(15)5-4-6-10(12)16/h4-6H,7-8H2,1-3H3,(H,18,20)/b17-11+. The molecule has 0 atom stereocenters. The van der Waals surface area contributed by atoms with Crippen molar-refractivity contribution in [1.29, 1.82) is 0 Å². The van der Waals surface area contributed by atoms with Crippen LogP contribution in [0.1, 0.15) is 20.3 Å². The number of hydrogen-bond donors (Lipinski definition) is 1. The van der Waals surface area contributed by atoms with Crippen molar-refractivity contribution >= 4 is 40.8 Å². The molecule has 0 unspecified atom stereocenters. The highest BCUT2D eigenvalue weighted by Gasteiger charge is 2.32. The van der Waals surface area contributed by atoms with Gasteiger partial charge in [0.2, 0.25) is 0 Å². The van der Waals surface area contributed by atoms with Gasteiger partial charge in [0.05, 0.1) is 15.7 Å².